The van der Waals surface area contributed by atoms with Crippen molar-refractivity contribution in [3.8, 4) is 0 Å². The minimum absolute atomic E-state index is 0.0539. The fourth-order valence-corrected chi connectivity index (χ4v) is 2.64. The second-order valence-corrected chi connectivity index (χ2v) is 5.61. The summed E-state index contributed by atoms with van der Waals surface area (Å²) in [6, 6.07) is 0. The predicted octanol–water partition coefficient (Wildman–Crippen LogP) is 3.39. The van der Waals surface area contributed by atoms with E-state index >= 15 is 0 Å². The molecule has 1 atom stereocenters. The molecule has 20 heavy (non-hydrogen) atoms. The van der Waals surface area contributed by atoms with Crippen LogP contribution in [0, 0.1) is 0 Å². The average molecular weight is 319 g/mol. The highest BCUT2D eigenvalue weighted by atomic mass is 35.5. The average Bonchev–Trinajstić information content (AvgIpc) is 2.91. The van der Waals surface area contributed by atoms with Crippen molar-refractivity contribution in [2.24, 2.45) is 0 Å². The van der Waals surface area contributed by atoms with Crippen LogP contribution < -0.4 is 5.32 Å². The zero-order valence-electron chi connectivity index (χ0n) is 11.3. The molecule has 1 N–H and O–H groups in total. The Hall–Kier alpha value is -1.34. The Labute approximate surface area is 126 Å². The van der Waals surface area contributed by atoms with Crippen molar-refractivity contribution in [3.05, 3.63) is 23.0 Å². The zero-order valence-corrected chi connectivity index (χ0v) is 12.8. The molecule has 0 aliphatic carbocycles. The van der Waals surface area contributed by atoms with E-state index in [-0.39, 0.29) is 5.88 Å². The summed E-state index contributed by atoms with van der Waals surface area (Å²) in [5.41, 5.74) is -0.206. The number of halogens is 2. The maximum atomic E-state index is 13.6. The molecule has 0 fully saturated rings. The van der Waals surface area contributed by atoms with Crippen molar-refractivity contribution in [1.29, 1.82) is 0 Å². The maximum Gasteiger partial charge on any atom is 0.220 e. The molecular weight excluding hydrogens is 303 g/mol. The lowest BCUT2D eigenvalue weighted by Crippen LogP contribution is -2.24. The van der Waals surface area contributed by atoms with E-state index in [0.717, 1.165) is 24.5 Å². The highest BCUT2D eigenvalue weighted by Crippen LogP contribution is 2.31. The highest BCUT2D eigenvalue weighted by molar-refractivity contribution is 7.16. The minimum Gasteiger partial charge on any atom is -0.481 e. The molecule has 0 aromatic carbocycles. The summed E-state index contributed by atoms with van der Waals surface area (Å²) in [6.07, 6.45) is 5.31. The summed E-state index contributed by atoms with van der Waals surface area (Å²) in [5, 5.41) is 13.1. The topological polar surface area (TPSA) is 50.3 Å². The fourth-order valence-electron chi connectivity index (χ4n) is 1.64. The number of anilines is 1. The molecule has 0 amide bonds. The highest BCUT2D eigenvalue weighted by Gasteiger charge is 2.24. The second-order valence-electron chi connectivity index (χ2n) is 4.19. The van der Waals surface area contributed by atoms with Crippen LogP contribution in [0.25, 0.3) is 5.57 Å². The maximum absolute atomic E-state index is 13.6. The largest absolute Gasteiger partial charge is 0.481 e. The third-order valence-electron chi connectivity index (χ3n) is 2.71. The van der Waals surface area contributed by atoms with Gasteiger partial charge in [-0.2, -0.15) is 5.12 Å². The van der Waals surface area contributed by atoms with E-state index in [9.17, 15) is 4.48 Å². The van der Waals surface area contributed by atoms with E-state index in [1.165, 1.54) is 18.4 Å². The molecule has 1 unspecified atom stereocenters. The van der Waals surface area contributed by atoms with Crippen LogP contribution in [0.3, 0.4) is 0 Å². The first kappa shape index (κ1) is 15.1. The smallest absolute Gasteiger partial charge is 0.220 e. The van der Waals surface area contributed by atoms with Crippen molar-refractivity contribution in [1.82, 2.24) is 15.3 Å². The van der Waals surface area contributed by atoms with E-state index in [1.807, 2.05) is 0 Å². The molecule has 0 saturated carbocycles. The Morgan fingerprint density at radius 3 is 3.05 bits per heavy atom. The number of ether oxygens (including phenoxy) is 1. The van der Waals surface area contributed by atoms with Gasteiger partial charge in [-0.1, -0.05) is 40.8 Å². The Balaban J connectivity index is 2.11. The fraction of sp³-hybridized carbons (Fsp3) is 0.500. The van der Waals surface area contributed by atoms with Crippen LogP contribution in [-0.2, 0) is 4.74 Å². The van der Waals surface area contributed by atoms with Gasteiger partial charge in [-0.15, -0.1) is 10.2 Å². The molecule has 0 radical (unpaired) electrons. The van der Waals surface area contributed by atoms with Crippen molar-refractivity contribution < 1.29 is 9.22 Å². The number of rotatable bonds is 6. The van der Waals surface area contributed by atoms with Gasteiger partial charge >= 0.3 is 0 Å². The van der Waals surface area contributed by atoms with E-state index in [1.54, 1.807) is 12.2 Å². The van der Waals surface area contributed by atoms with Gasteiger partial charge in [0.05, 0.1) is 7.11 Å². The first-order valence-corrected chi connectivity index (χ1v) is 7.55. The van der Waals surface area contributed by atoms with Crippen LogP contribution in [0.1, 0.15) is 24.8 Å². The molecule has 1 aliphatic heterocycles. The van der Waals surface area contributed by atoms with Gasteiger partial charge < -0.3 is 10.1 Å². The lowest BCUT2D eigenvalue weighted by atomic mass is 10.2. The first-order chi connectivity index (χ1) is 9.65. The van der Waals surface area contributed by atoms with Crippen molar-refractivity contribution in [3.63, 3.8) is 0 Å². The van der Waals surface area contributed by atoms with E-state index in [4.69, 9.17) is 16.3 Å². The summed E-state index contributed by atoms with van der Waals surface area (Å²) in [6.45, 7) is 2.99. The van der Waals surface area contributed by atoms with Crippen molar-refractivity contribution in [2.75, 3.05) is 19.0 Å². The zero-order chi connectivity index (χ0) is 14.5. The molecule has 1 aromatic rings. The molecule has 2 rings (SSSR count). The molecule has 0 saturated heterocycles. The molecule has 1 aliphatic rings. The molecule has 110 valence electrons. The van der Waals surface area contributed by atoms with Gasteiger partial charge in [0.15, 0.2) is 5.50 Å². The van der Waals surface area contributed by atoms with Crippen molar-refractivity contribution in [2.45, 2.75) is 25.3 Å². The minimum atomic E-state index is -0.912. The van der Waals surface area contributed by atoms with Gasteiger partial charge in [0, 0.05) is 18.2 Å². The first-order valence-electron chi connectivity index (χ1n) is 6.30. The molecule has 8 heteroatoms. The molecule has 0 bridgehead atoms. The molecule has 2 heterocycles. The quantitative estimate of drug-likeness (QED) is 0.377. The van der Waals surface area contributed by atoms with Gasteiger partial charge in [-0.25, -0.2) is 0 Å². The number of aromatic nitrogens is 2. The lowest BCUT2D eigenvalue weighted by Gasteiger charge is -2.23. The number of allylic oxidation sites excluding steroid dienone is 2. The lowest BCUT2D eigenvalue weighted by molar-refractivity contribution is -0.00515. The second kappa shape index (κ2) is 6.90. The van der Waals surface area contributed by atoms with Crippen LogP contribution in [-0.4, -0.2) is 34.5 Å². The molecule has 0 spiro atoms. The number of nitrogens with one attached hydrogen (secondary N) is 1. The third kappa shape index (κ3) is 3.40. The van der Waals surface area contributed by atoms with Crippen LogP contribution in [0.2, 0.25) is 0 Å². The van der Waals surface area contributed by atoms with E-state index in [0.29, 0.717) is 15.7 Å². The standard InChI is InChI=1S/C12H16ClFN4OS/c1-3-4-5-15-12-17-16-11(20-12)8-6-9(13)18(14)10(7-8)19-2/h6-7,9H,3-5H2,1-2H3,(H,15,17). The molecular formula is C12H16ClFN4OS. The van der Waals surface area contributed by atoms with Crippen molar-refractivity contribution >= 4 is 33.6 Å². The Bertz CT molecular complexity index is 519. The summed E-state index contributed by atoms with van der Waals surface area (Å²) >= 11 is 7.29. The summed E-state index contributed by atoms with van der Waals surface area (Å²) in [7, 11) is 1.39. The van der Waals surface area contributed by atoms with E-state index in [2.05, 4.69) is 22.4 Å². The van der Waals surface area contributed by atoms with Gasteiger partial charge in [-0.3, -0.25) is 0 Å². The number of unbranched alkanes of at least 4 members (excludes halogenated alkanes) is 1. The summed E-state index contributed by atoms with van der Waals surface area (Å²) < 4.78 is 18.5. The monoisotopic (exact) mass is 318 g/mol. The Morgan fingerprint density at radius 2 is 2.35 bits per heavy atom. The third-order valence-corrected chi connectivity index (χ3v) is 3.94. The number of hydrogen-bond acceptors (Lipinski definition) is 6. The van der Waals surface area contributed by atoms with Crippen LogP contribution in [0.5, 0.6) is 0 Å². The van der Waals surface area contributed by atoms with Crippen LogP contribution >= 0.6 is 22.9 Å². The van der Waals surface area contributed by atoms with Crippen LogP contribution in [0.15, 0.2) is 18.0 Å². The van der Waals surface area contributed by atoms with Gasteiger partial charge in [-0.05, 0) is 12.5 Å². The molecule has 5 nitrogen and oxygen atoms in total. The predicted molar refractivity (Wildman–Crippen MR) is 79.0 cm³/mol. The van der Waals surface area contributed by atoms with Gasteiger partial charge in [0.1, 0.15) is 5.01 Å². The van der Waals surface area contributed by atoms with E-state index < -0.39 is 5.50 Å². The SMILES string of the molecule is CCCCNc1nnc(C2=CC(Cl)N(F)C(OC)=C2)s1. The number of alkyl halides is 1. The van der Waals surface area contributed by atoms with Gasteiger partial charge in [0.25, 0.3) is 0 Å². The Kier molecular flexibility index (Phi) is 5.19. The molecule has 1 aromatic heterocycles. The number of hydrogen-bond donors (Lipinski definition) is 1. The van der Waals surface area contributed by atoms with Crippen LogP contribution in [0.4, 0.5) is 9.61 Å². The van der Waals surface area contributed by atoms with Gasteiger partial charge in [0.2, 0.25) is 11.0 Å². The summed E-state index contributed by atoms with van der Waals surface area (Å²) in [5.74, 6) is 0.0539. The number of nitrogens with zero attached hydrogens (tertiary/aromatic N) is 3. The normalized spacial score (nSPS) is 18.6. The Morgan fingerprint density at radius 1 is 1.55 bits per heavy atom. The summed E-state index contributed by atoms with van der Waals surface area (Å²) in [4.78, 5) is 0. The number of methoxy groups -OCH3 is 1.